The minimum atomic E-state index is -0.275. The van der Waals surface area contributed by atoms with Crippen LogP contribution in [0.3, 0.4) is 0 Å². The van der Waals surface area contributed by atoms with Gasteiger partial charge in [-0.05, 0) is 26.3 Å². The number of hydrogen-bond acceptors (Lipinski definition) is 5. The molecule has 0 atom stereocenters. The first-order valence-electron chi connectivity index (χ1n) is 7.68. The largest absolute Gasteiger partial charge is 0.321 e. The first kappa shape index (κ1) is 16.4. The zero-order valence-electron chi connectivity index (χ0n) is 14.1. The lowest BCUT2D eigenvalue weighted by atomic mass is 10.3. The molecule has 24 heavy (non-hydrogen) atoms. The Morgan fingerprint density at radius 2 is 2.12 bits per heavy atom. The van der Waals surface area contributed by atoms with Gasteiger partial charge in [-0.3, -0.25) is 18.8 Å². The molecule has 3 rings (SSSR count). The molecule has 0 spiro atoms. The lowest BCUT2D eigenvalue weighted by Gasteiger charge is -2.07. The highest BCUT2D eigenvalue weighted by atomic mass is 32.1. The van der Waals surface area contributed by atoms with Crippen LogP contribution in [-0.4, -0.2) is 25.2 Å². The fourth-order valence-corrected chi connectivity index (χ4v) is 3.51. The minimum absolute atomic E-state index is 0.0765. The summed E-state index contributed by atoms with van der Waals surface area (Å²) in [6.45, 7) is 5.68. The summed E-state index contributed by atoms with van der Waals surface area (Å²) >= 11 is 1.51. The van der Waals surface area contributed by atoms with Gasteiger partial charge in [0.25, 0.3) is 5.56 Å². The Balaban J connectivity index is 1.85. The standard InChI is InChI=1S/C16H19N5O2S/c1-5-11-6-12-15(24-11)17-8-21(16(12)23)7-13(22)18-14-9(2)19-20(4)10(14)3/h6,8H,5,7H2,1-4H3,(H,18,22). The Morgan fingerprint density at radius 3 is 2.75 bits per heavy atom. The summed E-state index contributed by atoms with van der Waals surface area (Å²) in [4.78, 5) is 30.9. The molecule has 0 radical (unpaired) electrons. The number of nitrogens with one attached hydrogen (secondary N) is 1. The van der Waals surface area contributed by atoms with Crippen LogP contribution in [0.4, 0.5) is 5.69 Å². The van der Waals surface area contributed by atoms with Gasteiger partial charge in [0.05, 0.1) is 28.8 Å². The number of anilines is 1. The Kier molecular flexibility index (Phi) is 4.23. The van der Waals surface area contributed by atoms with Crippen molar-refractivity contribution in [3.05, 3.63) is 39.0 Å². The van der Waals surface area contributed by atoms with Crippen molar-refractivity contribution in [1.29, 1.82) is 0 Å². The molecule has 0 bridgehead atoms. The average molecular weight is 345 g/mol. The predicted molar refractivity (Wildman–Crippen MR) is 94.6 cm³/mol. The molecule has 3 aromatic heterocycles. The Morgan fingerprint density at radius 1 is 1.38 bits per heavy atom. The van der Waals surface area contributed by atoms with E-state index in [-0.39, 0.29) is 18.0 Å². The van der Waals surface area contributed by atoms with Gasteiger partial charge in [0, 0.05) is 11.9 Å². The molecular weight excluding hydrogens is 326 g/mol. The van der Waals surface area contributed by atoms with Gasteiger partial charge in [-0.15, -0.1) is 11.3 Å². The number of fused-ring (bicyclic) bond motifs is 1. The summed E-state index contributed by atoms with van der Waals surface area (Å²) < 4.78 is 3.05. The number of amides is 1. The maximum Gasteiger partial charge on any atom is 0.262 e. The molecule has 0 aliphatic carbocycles. The van der Waals surface area contributed by atoms with Crippen LogP contribution in [0, 0.1) is 13.8 Å². The third-order valence-corrected chi connectivity index (χ3v) is 5.19. The van der Waals surface area contributed by atoms with E-state index in [4.69, 9.17) is 0 Å². The molecule has 0 saturated heterocycles. The van der Waals surface area contributed by atoms with Gasteiger partial charge in [-0.1, -0.05) is 6.92 Å². The van der Waals surface area contributed by atoms with Crippen LogP contribution in [0.1, 0.15) is 23.2 Å². The van der Waals surface area contributed by atoms with Gasteiger partial charge in [0.15, 0.2) is 0 Å². The van der Waals surface area contributed by atoms with Crippen LogP contribution in [0.5, 0.6) is 0 Å². The summed E-state index contributed by atoms with van der Waals surface area (Å²) in [5.74, 6) is -0.275. The summed E-state index contributed by atoms with van der Waals surface area (Å²) in [6.07, 6.45) is 2.30. The molecule has 0 aromatic carbocycles. The van der Waals surface area contributed by atoms with Crippen LogP contribution >= 0.6 is 11.3 Å². The number of carbonyl (C=O) groups is 1. The molecule has 8 heteroatoms. The zero-order valence-corrected chi connectivity index (χ0v) is 14.9. The summed E-state index contributed by atoms with van der Waals surface area (Å²) in [5.41, 5.74) is 2.11. The molecule has 0 aliphatic rings. The van der Waals surface area contributed by atoms with E-state index in [0.717, 1.165) is 22.7 Å². The van der Waals surface area contributed by atoms with Crippen molar-refractivity contribution in [2.24, 2.45) is 7.05 Å². The highest BCUT2D eigenvalue weighted by Gasteiger charge is 2.14. The Hall–Kier alpha value is -2.48. The maximum atomic E-state index is 12.5. The molecule has 3 heterocycles. The Bertz CT molecular complexity index is 982. The van der Waals surface area contributed by atoms with Gasteiger partial charge < -0.3 is 5.32 Å². The second-order valence-electron chi connectivity index (χ2n) is 5.68. The molecule has 0 fully saturated rings. The van der Waals surface area contributed by atoms with Crippen molar-refractivity contribution in [3.8, 4) is 0 Å². The van der Waals surface area contributed by atoms with E-state index in [1.807, 2.05) is 33.9 Å². The molecule has 0 saturated carbocycles. The number of rotatable bonds is 4. The minimum Gasteiger partial charge on any atom is -0.321 e. The van der Waals surface area contributed by atoms with Gasteiger partial charge in [0.1, 0.15) is 11.4 Å². The molecule has 126 valence electrons. The van der Waals surface area contributed by atoms with Crippen molar-refractivity contribution in [3.63, 3.8) is 0 Å². The van der Waals surface area contributed by atoms with Gasteiger partial charge in [-0.25, -0.2) is 4.98 Å². The SMILES string of the molecule is CCc1cc2c(=O)n(CC(=O)Nc3c(C)nn(C)c3C)cnc2s1. The van der Waals surface area contributed by atoms with Crippen LogP contribution in [0.2, 0.25) is 0 Å². The normalized spacial score (nSPS) is 11.2. The number of aryl methyl sites for hydroxylation is 3. The van der Waals surface area contributed by atoms with E-state index < -0.39 is 0 Å². The second kappa shape index (κ2) is 6.20. The van der Waals surface area contributed by atoms with E-state index in [0.29, 0.717) is 15.9 Å². The lowest BCUT2D eigenvalue weighted by molar-refractivity contribution is -0.116. The molecule has 7 nitrogen and oxygen atoms in total. The van der Waals surface area contributed by atoms with E-state index in [1.54, 1.807) is 4.68 Å². The van der Waals surface area contributed by atoms with Crippen molar-refractivity contribution in [2.75, 3.05) is 5.32 Å². The first-order valence-corrected chi connectivity index (χ1v) is 8.50. The van der Waals surface area contributed by atoms with Crippen LogP contribution in [-0.2, 0) is 24.8 Å². The number of thiophene rings is 1. The number of aromatic nitrogens is 4. The van der Waals surface area contributed by atoms with Crippen LogP contribution in [0.25, 0.3) is 10.2 Å². The van der Waals surface area contributed by atoms with E-state index >= 15 is 0 Å². The molecule has 0 unspecified atom stereocenters. The smallest absolute Gasteiger partial charge is 0.262 e. The van der Waals surface area contributed by atoms with Crippen molar-refractivity contribution in [2.45, 2.75) is 33.7 Å². The van der Waals surface area contributed by atoms with Gasteiger partial charge in [0.2, 0.25) is 5.91 Å². The predicted octanol–water partition coefficient (Wildman–Crippen LogP) is 2.01. The second-order valence-corrected chi connectivity index (χ2v) is 6.80. The monoisotopic (exact) mass is 345 g/mol. The zero-order chi connectivity index (χ0) is 17.4. The molecular formula is C16H19N5O2S. The lowest BCUT2D eigenvalue weighted by Crippen LogP contribution is -2.27. The number of nitrogens with zero attached hydrogens (tertiary/aromatic N) is 4. The topological polar surface area (TPSA) is 81.8 Å². The third-order valence-electron chi connectivity index (χ3n) is 4.00. The highest BCUT2D eigenvalue weighted by molar-refractivity contribution is 7.18. The fraction of sp³-hybridized carbons (Fsp3) is 0.375. The third kappa shape index (κ3) is 2.84. The molecule has 1 amide bonds. The molecule has 0 aliphatic heterocycles. The fourth-order valence-electron chi connectivity index (χ4n) is 2.58. The quantitative estimate of drug-likeness (QED) is 0.784. The van der Waals surface area contributed by atoms with Gasteiger partial charge >= 0.3 is 0 Å². The average Bonchev–Trinajstić information content (AvgIpc) is 3.07. The maximum absolute atomic E-state index is 12.5. The summed E-state index contributed by atoms with van der Waals surface area (Å²) in [7, 11) is 1.82. The Labute approximate surface area is 142 Å². The van der Waals surface area contributed by atoms with Crippen LogP contribution in [0.15, 0.2) is 17.2 Å². The molecule has 1 N–H and O–H groups in total. The van der Waals surface area contributed by atoms with Gasteiger partial charge in [-0.2, -0.15) is 5.10 Å². The summed E-state index contributed by atoms with van der Waals surface area (Å²) in [5, 5.41) is 7.67. The van der Waals surface area contributed by atoms with E-state index in [9.17, 15) is 9.59 Å². The van der Waals surface area contributed by atoms with Crippen LogP contribution < -0.4 is 10.9 Å². The van der Waals surface area contributed by atoms with Crippen molar-refractivity contribution >= 4 is 33.1 Å². The van der Waals surface area contributed by atoms with E-state index in [2.05, 4.69) is 15.4 Å². The van der Waals surface area contributed by atoms with Crippen molar-refractivity contribution < 1.29 is 4.79 Å². The number of carbonyl (C=O) groups excluding carboxylic acids is 1. The van der Waals surface area contributed by atoms with E-state index in [1.165, 1.54) is 22.2 Å². The first-order chi connectivity index (χ1) is 11.4. The van der Waals surface area contributed by atoms with Crippen molar-refractivity contribution in [1.82, 2.24) is 19.3 Å². The molecule has 3 aromatic rings. The summed E-state index contributed by atoms with van der Waals surface area (Å²) in [6, 6.07) is 1.86. The highest BCUT2D eigenvalue weighted by Crippen LogP contribution is 2.21. The number of hydrogen-bond donors (Lipinski definition) is 1.